The van der Waals surface area contributed by atoms with Gasteiger partial charge in [0.1, 0.15) is 0 Å². The molecule has 132 valence electrons. The molecule has 0 aliphatic rings. The molecule has 0 unspecified atom stereocenters. The van der Waals surface area contributed by atoms with Crippen LogP contribution in [0.1, 0.15) is 91.4 Å². The Bertz CT molecular complexity index is 240. The summed E-state index contributed by atoms with van der Waals surface area (Å²) in [4.78, 5) is 10.7. The summed E-state index contributed by atoms with van der Waals surface area (Å²) in [7, 11) is 0. The maximum Gasteiger partial charge on any atom is 0.0790 e. The van der Waals surface area contributed by atoms with Gasteiger partial charge in [0.15, 0.2) is 0 Å². The normalized spacial score (nSPS) is 11.8. The van der Waals surface area contributed by atoms with Crippen molar-refractivity contribution in [3.63, 3.8) is 0 Å². The second-order valence-corrected chi connectivity index (χ2v) is 6.83. The molecule has 0 aromatic carbocycles. The number of nitrogens with zero attached hydrogens (tertiary/aromatic N) is 1. The van der Waals surface area contributed by atoms with Gasteiger partial charge in [-0.05, 0) is 44.9 Å². The average Bonchev–Trinajstić information content (AvgIpc) is 2.47. The molecule has 0 saturated heterocycles. The lowest BCUT2D eigenvalue weighted by Gasteiger charge is -2.39. The third-order valence-electron chi connectivity index (χ3n) is 4.72. The van der Waals surface area contributed by atoms with Crippen molar-refractivity contribution in [3.8, 4) is 0 Å². The van der Waals surface area contributed by atoms with Crippen LogP contribution < -0.4 is 5.11 Å². The van der Waals surface area contributed by atoms with Crippen LogP contribution >= 0.6 is 0 Å². The SMILES string of the molecule is CCCCC[N+](CCCCC)(CCCCC)CCCC(=O)[O-]. The highest BCUT2D eigenvalue weighted by atomic mass is 16.4. The van der Waals surface area contributed by atoms with Crippen LogP contribution in [0.25, 0.3) is 0 Å². The Morgan fingerprint density at radius 2 is 1.05 bits per heavy atom. The van der Waals surface area contributed by atoms with E-state index in [-0.39, 0.29) is 6.42 Å². The molecule has 0 saturated carbocycles. The largest absolute Gasteiger partial charge is 0.550 e. The number of carboxylic acids is 1. The van der Waals surface area contributed by atoms with Crippen LogP contribution in [-0.4, -0.2) is 36.6 Å². The smallest absolute Gasteiger partial charge is 0.0790 e. The van der Waals surface area contributed by atoms with Gasteiger partial charge < -0.3 is 14.4 Å². The number of carboxylic acid groups (broad SMARTS) is 1. The lowest BCUT2D eigenvalue weighted by molar-refractivity contribution is -0.929. The average molecular weight is 314 g/mol. The molecule has 3 nitrogen and oxygen atoms in total. The number of unbranched alkanes of at least 4 members (excludes halogenated alkanes) is 6. The highest BCUT2D eigenvalue weighted by Gasteiger charge is 2.25. The summed E-state index contributed by atoms with van der Waals surface area (Å²) < 4.78 is 1.15. The molecule has 0 radical (unpaired) electrons. The first-order valence-electron chi connectivity index (χ1n) is 9.65. The van der Waals surface area contributed by atoms with Crippen molar-refractivity contribution < 1.29 is 14.4 Å². The summed E-state index contributed by atoms with van der Waals surface area (Å²) in [5.74, 6) is -0.895. The van der Waals surface area contributed by atoms with Crippen LogP contribution in [0.15, 0.2) is 0 Å². The molecular formula is C19H39NO2. The van der Waals surface area contributed by atoms with E-state index in [0.29, 0.717) is 0 Å². The lowest BCUT2D eigenvalue weighted by Crippen LogP contribution is -2.51. The van der Waals surface area contributed by atoms with Crippen molar-refractivity contribution in [2.45, 2.75) is 91.4 Å². The monoisotopic (exact) mass is 313 g/mol. The minimum absolute atomic E-state index is 0.218. The molecule has 0 fully saturated rings. The Labute approximate surface area is 138 Å². The van der Waals surface area contributed by atoms with Crippen LogP contribution in [0.5, 0.6) is 0 Å². The maximum absolute atomic E-state index is 10.7. The van der Waals surface area contributed by atoms with Gasteiger partial charge in [0.2, 0.25) is 0 Å². The summed E-state index contributed by atoms with van der Waals surface area (Å²) in [6.45, 7) is 11.5. The van der Waals surface area contributed by atoms with E-state index in [4.69, 9.17) is 0 Å². The van der Waals surface area contributed by atoms with Crippen LogP contribution in [0.4, 0.5) is 0 Å². The fourth-order valence-corrected chi connectivity index (χ4v) is 3.32. The van der Waals surface area contributed by atoms with Crippen LogP contribution in [-0.2, 0) is 4.79 Å². The Kier molecular flexibility index (Phi) is 13.7. The van der Waals surface area contributed by atoms with Crippen molar-refractivity contribution in [1.82, 2.24) is 0 Å². The Morgan fingerprint density at radius 1 is 0.682 bits per heavy atom. The molecule has 0 aliphatic carbocycles. The molecule has 0 aliphatic heterocycles. The van der Waals surface area contributed by atoms with E-state index < -0.39 is 5.97 Å². The predicted molar refractivity (Wildman–Crippen MR) is 92.5 cm³/mol. The second kappa shape index (κ2) is 14.0. The Morgan fingerprint density at radius 3 is 1.36 bits per heavy atom. The first kappa shape index (κ1) is 21.4. The van der Waals surface area contributed by atoms with Crippen molar-refractivity contribution >= 4 is 5.97 Å². The molecular weight excluding hydrogens is 274 g/mol. The number of carbonyl (C=O) groups excluding carboxylic acids is 1. The Balaban J connectivity index is 4.64. The minimum Gasteiger partial charge on any atom is -0.550 e. The minimum atomic E-state index is -0.895. The van der Waals surface area contributed by atoms with Gasteiger partial charge >= 0.3 is 0 Å². The van der Waals surface area contributed by atoms with E-state index in [1.165, 1.54) is 77.4 Å². The quantitative estimate of drug-likeness (QED) is 0.320. The van der Waals surface area contributed by atoms with E-state index in [1.807, 2.05) is 0 Å². The van der Waals surface area contributed by atoms with Crippen molar-refractivity contribution in [2.24, 2.45) is 0 Å². The van der Waals surface area contributed by atoms with Crippen molar-refractivity contribution in [2.75, 3.05) is 26.2 Å². The molecule has 0 rings (SSSR count). The van der Waals surface area contributed by atoms with Gasteiger partial charge in [0.05, 0.1) is 26.2 Å². The van der Waals surface area contributed by atoms with Gasteiger partial charge in [-0.15, -0.1) is 0 Å². The summed E-state index contributed by atoms with van der Waals surface area (Å²) in [5, 5.41) is 10.7. The Hall–Kier alpha value is -0.570. The molecule has 0 aromatic rings. The molecule has 0 spiro atoms. The standard InChI is InChI=1S/C19H39NO2/c1-4-7-10-15-20(16-11-8-5-2,17-12-9-6-3)18-13-14-19(21)22/h4-18H2,1-3H3. The van der Waals surface area contributed by atoms with Gasteiger partial charge in [-0.25, -0.2) is 0 Å². The van der Waals surface area contributed by atoms with Crippen LogP contribution in [0.3, 0.4) is 0 Å². The summed E-state index contributed by atoms with van der Waals surface area (Å²) >= 11 is 0. The number of aliphatic carboxylic acids is 1. The van der Waals surface area contributed by atoms with Gasteiger partial charge in [-0.2, -0.15) is 0 Å². The summed E-state index contributed by atoms with van der Waals surface area (Å²) in [6, 6.07) is 0. The van der Waals surface area contributed by atoms with E-state index in [1.54, 1.807) is 0 Å². The molecule has 0 atom stereocenters. The molecule has 22 heavy (non-hydrogen) atoms. The van der Waals surface area contributed by atoms with Crippen molar-refractivity contribution in [1.29, 1.82) is 0 Å². The zero-order chi connectivity index (χ0) is 16.7. The third kappa shape index (κ3) is 11.1. The first-order valence-corrected chi connectivity index (χ1v) is 9.65. The maximum atomic E-state index is 10.7. The molecule has 0 amide bonds. The molecule has 0 aromatic heterocycles. The molecule has 0 N–H and O–H groups in total. The zero-order valence-electron chi connectivity index (χ0n) is 15.4. The number of hydrogen-bond acceptors (Lipinski definition) is 2. The van der Waals surface area contributed by atoms with Gasteiger partial charge in [-0.3, -0.25) is 0 Å². The van der Waals surface area contributed by atoms with Crippen molar-refractivity contribution in [3.05, 3.63) is 0 Å². The van der Waals surface area contributed by atoms with E-state index in [2.05, 4.69) is 20.8 Å². The zero-order valence-corrected chi connectivity index (χ0v) is 15.4. The lowest BCUT2D eigenvalue weighted by atomic mass is 10.1. The van der Waals surface area contributed by atoms with Gasteiger partial charge in [0, 0.05) is 12.4 Å². The fraction of sp³-hybridized carbons (Fsp3) is 0.947. The van der Waals surface area contributed by atoms with Gasteiger partial charge in [-0.1, -0.05) is 40.0 Å². The highest BCUT2D eigenvalue weighted by Crippen LogP contribution is 2.18. The van der Waals surface area contributed by atoms with Gasteiger partial charge in [0.25, 0.3) is 0 Å². The number of hydrogen-bond donors (Lipinski definition) is 0. The van der Waals surface area contributed by atoms with E-state index >= 15 is 0 Å². The molecule has 0 bridgehead atoms. The molecule has 3 heteroatoms. The number of carbonyl (C=O) groups is 1. The van der Waals surface area contributed by atoms with E-state index in [0.717, 1.165) is 17.4 Å². The summed E-state index contributed by atoms with van der Waals surface area (Å²) in [6.07, 6.45) is 12.5. The van der Waals surface area contributed by atoms with Crippen LogP contribution in [0.2, 0.25) is 0 Å². The first-order chi connectivity index (χ1) is 10.6. The third-order valence-corrected chi connectivity index (χ3v) is 4.72. The fourth-order valence-electron chi connectivity index (χ4n) is 3.32. The van der Waals surface area contributed by atoms with E-state index in [9.17, 15) is 9.90 Å². The predicted octanol–water partition coefficient (Wildman–Crippen LogP) is 3.90. The highest BCUT2D eigenvalue weighted by molar-refractivity contribution is 5.64. The number of quaternary nitrogens is 1. The second-order valence-electron chi connectivity index (χ2n) is 6.83. The summed E-state index contributed by atoms with van der Waals surface area (Å²) in [5.41, 5.74) is 0. The molecule has 0 heterocycles. The topological polar surface area (TPSA) is 40.1 Å². The van der Waals surface area contributed by atoms with Crippen LogP contribution in [0, 0.1) is 0 Å². The number of rotatable bonds is 16.